The predicted octanol–water partition coefficient (Wildman–Crippen LogP) is 2.84. The molecule has 0 amide bonds. The van der Waals surface area contributed by atoms with Gasteiger partial charge in [0.25, 0.3) is 10.0 Å². The maximum atomic E-state index is 12.1. The molecule has 0 aromatic heterocycles. The Morgan fingerprint density at radius 3 is 2.33 bits per heavy atom. The molecule has 0 saturated heterocycles. The molecule has 0 bridgehead atoms. The maximum absolute atomic E-state index is 12.1. The minimum atomic E-state index is -3.81. The van der Waals surface area contributed by atoms with E-state index in [9.17, 15) is 13.3 Å². The fourth-order valence-electron chi connectivity index (χ4n) is 1.38. The molecule has 0 saturated carbocycles. The van der Waals surface area contributed by atoms with Gasteiger partial charge < -0.3 is 0 Å². The Bertz CT molecular complexity index is 488. The minimum absolute atomic E-state index is 0.0894. The molecule has 7 heteroatoms. The zero-order valence-corrected chi connectivity index (χ0v) is 12.4. The lowest BCUT2D eigenvalue weighted by molar-refractivity contribution is 0.418. The summed E-state index contributed by atoms with van der Waals surface area (Å²) < 4.78 is 24.8. The van der Waals surface area contributed by atoms with E-state index in [2.05, 4.69) is 21.2 Å². The van der Waals surface area contributed by atoms with Crippen molar-refractivity contribution in [3.8, 4) is 0 Å². The lowest BCUT2D eigenvalue weighted by atomic mass is 10.2. The Labute approximate surface area is 115 Å². The van der Waals surface area contributed by atoms with Crippen LogP contribution in [0, 0.1) is 11.8 Å². The summed E-state index contributed by atoms with van der Waals surface area (Å²) in [5.41, 5.74) is 0.957. The van der Waals surface area contributed by atoms with Gasteiger partial charge in [0.1, 0.15) is 0 Å². The molecule has 0 atom stereocenters. The first-order valence-corrected chi connectivity index (χ1v) is 8.07. The highest BCUT2D eigenvalue weighted by molar-refractivity contribution is 9.09. The smallest absolute Gasteiger partial charge is 0.200 e. The number of sulfonamides is 1. The van der Waals surface area contributed by atoms with Crippen molar-refractivity contribution in [1.82, 2.24) is 4.41 Å². The largest absolute Gasteiger partial charge is 0.281 e. The van der Waals surface area contributed by atoms with Gasteiger partial charge >= 0.3 is 0 Å². The summed E-state index contributed by atoms with van der Waals surface area (Å²) in [6, 6.07) is 6.34. The van der Waals surface area contributed by atoms with Crippen molar-refractivity contribution in [2.24, 2.45) is 5.29 Å². The van der Waals surface area contributed by atoms with E-state index in [0.29, 0.717) is 10.8 Å². The number of hydrogen-bond donors (Lipinski definition) is 0. The number of nitrogens with zero attached hydrogens (tertiary/aromatic N) is 2. The van der Waals surface area contributed by atoms with Gasteiger partial charge in [0.05, 0.1) is 16.7 Å². The van der Waals surface area contributed by atoms with E-state index in [1.54, 1.807) is 12.1 Å². The highest BCUT2D eigenvalue weighted by Crippen LogP contribution is 2.17. The van der Waals surface area contributed by atoms with E-state index in [-0.39, 0.29) is 11.4 Å². The fourth-order valence-corrected chi connectivity index (χ4v) is 2.96. The van der Waals surface area contributed by atoms with Crippen molar-refractivity contribution in [2.45, 2.75) is 24.7 Å². The summed E-state index contributed by atoms with van der Waals surface area (Å²) in [5.74, 6) is 0. The Balaban J connectivity index is 2.89. The molecule has 0 aliphatic carbocycles. The van der Waals surface area contributed by atoms with Crippen LogP contribution in [-0.4, -0.2) is 24.7 Å². The average Bonchev–Trinajstić information content (AvgIpc) is 2.35. The molecule has 0 radical (unpaired) electrons. The summed E-state index contributed by atoms with van der Waals surface area (Å²) in [7, 11) is -3.81. The van der Waals surface area contributed by atoms with Gasteiger partial charge in [0.15, 0.2) is 0 Å². The molecule has 1 aromatic carbocycles. The maximum Gasteiger partial charge on any atom is 0.281 e. The second-order valence-corrected chi connectivity index (χ2v) is 6.48. The first-order chi connectivity index (χ1) is 8.52. The van der Waals surface area contributed by atoms with Crippen LogP contribution in [0.2, 0.25) is 0 Å². The minimum Gasteiger partial charge on any atom is -0.200 e. The average molecular weight is 335 g/mol. The number of rotatable bonds is 7. The number of hydrogen-bond acceptors (Lipinski definition) is 4. The molecule has 0 spiro atoms. The SMILES string of the molecule is Cc1ccc(S(=O)(=O)N(CCCCBr)N=O)cc1. The van der Waals surface area contributed by atoms with Gasteiger partial charge in [-0.25, -0.2) is 0 Å². The van der Waals surface area contributed by atoms with E-state index in [4.69, 9.17) is 0 Å². The Morgan fingerprint density at radius 2 is 1.83 bits per heavy atom. The Hall–Kier alpha value is -0.950. The van der Waals surface area contributed by atoms with Crippen LogP contribution in [0.4, 0.5) is 0 Å². The predicted molar refractivity (Wildman–Crippen MR) is 73.9 cm³/mol. The quantitative estimate of drug-likeness (QED) is 0.333. The summed E-state index contributed by atoms with van der Waals surface area (Å²) >= 11 is 3.25. The number of alkyl halides is 1. The first kappa shape index (κ1) is 15.1. The number of nitroso groups, excluding NO2 is 1. The van der Waals surface area contributed by atoms with Crippen LogP contribution < -0.4 is 0 Å². The molecule has 18 heavy (non-hydrogen) atoms. The van der Waals surface area contributed by atoms with Crippen molar-refractivity contribution in [3.63, 3.8) is 0 Å². The van der Waals surface area contributed by atoms with E-state index in [0.717, 1.165) is 17.3 Å². The molecular formula is C11H15BrN2O3S. The van der Waals surface area contributed by atoms with Crippen molar-refractivity contribution < 1.29 is 8.42 Å². The summed E-state index contributed by atoms with van der Waals surface area (Å²) in [6.07, 6.45) is 1.37. The zero-order chi connectivity index (χ0) is 13.6. The van der Waals surface area contributed by atoms with E-state index in [1.165, 1.54) is 12.1 Å². The molecular weight excluding hydrogens is 320 g/mol. The van der Waals surface area contributed by atoms with Crippen LogP contribution in [0.15, 0.2) is 34.4 Å². The number of unbranched alkanes of at least 4 members (excludes halogenated alkanes) is 1. The second kappa shape index (κ2) is 6.84. The van der Waals surface area contributed by atoms with Gasteiger partial charge in [0.2, 0.25) is 0 Å². The topological polar surface area (TPSA) is 66.8 Å². The van der Waals surface area contributed by atoms with Crippen LogP contribution in [0.1, 0.15) is 18.4 Å². The van der Waals surface area contributed by atoms with Crippen molar-refractivity contribution >= 4 is 26.0 Å². The van der Waals surface area contributed by atoms with Crippen LogP contribution >= 0.6 is 15.9 Å². The van der Waals surface area contributed by atoms with Gasteiger partial charge in [-0.15, -0.1) is 4.91 Å². The third-order valence-corrected chi connectivity index (χ3v) is 4.65. The number of benzene rings is 1. The van der Waals surface area contributed by atoms with Crippen LogP contribution in [-0.2, 0) is 10.0 Å². The Morgan fingerprint density at radius 1 is 1.22 bits per heavy atom. The molecule has 0 aliphatic heterocycles. The summed E-state index contributed by atoms with van der Waals surface area (Å²) in [6.45, 7) is 1.97. The molecule has 0 heterocycles. The molecule has 0 N–H and O–H groups in total. The van der Waals surface area contributed by atoms with E-state index in [1.807, 2.05) is 6.92 Å². The van der Waals surface area contributed by atoms with Gasteiger partial charge in [-0.2, -0.15) is 12.8 Å². The lowest BCUT2D eigenvalue weighted by Gasteiger charge is -2.15. The second-order valence-electron chi connectivity index (χ2n) is 3.84. The molecule has 5 nitrogen and oxygen atoms in total. The normalized spacial score (nSPS) is 11.2. The van der Waals surface area contributed by atoms with Crippen LogP contribution in [0.25, 0.3) is 0 Å². The molecule has 0 fully saturated rings. The van der Waals surface area contributed by atoms with Crippen molar-refractivity contribution in [2.75, 3.05) is 11.9 Å². The van der Waals surface area contributed by atoms with E-state index < -0.39 is 10.0 Å². The van der Waals surface area contributed by atoms with Gasteiger partial charge in [-0.05, 0) is 31.9 Å². The highest BCUT2D eigenvalue weighted by Gasteiger charge is 2.23. The highest BCUT2D eigenvalue weighted by atomic mass is 79.9. The molecule has 0 aliphatic rings. The van der Waals surface area contributed by atoms with Crippen molar-refractivity contribution in [1.29, 1.82) is 0 Å². The van der Waals surface area contributed by atoms with E-state index >= 15 is 0 Å². The van der Waals surface area contributed by atoms with Crippen LogP contribution in [0.5, 0.6) is 0 Å². The fraction of sp³-hybridized carbons (Fsp3) is 0.455. The van der Waals surface area contributed by atoms with Gasteiger partial charge in [0, 0.05) is 5.33 Å². The molecule has 0 unspecified atom stereocenters. The molecule has 100 valence electrons. The number of halogens is 1. The van der Waals surface area contributed by atoms with Gasteiger partial charge in [-0.1, -0.05) is 33.6 Å². The number of aryl methyl sites for hydroxylation is 1. The monoisotopic (exact) mass is 334 g/mol. The standard InChI is InChI=1S/C11H15BrN2O3S/c1-10-4-6-11(7-5-10)18(16,17)14(13-15)9-3-2-8-12/h4-7H,2-3,8-9H2,1H3. The zero-order valence-electron chi connectivity index (χ0n) is 10.0. The third-order valence-electron chi connectivity index (χ3n) is 2.42. The molecule has 1 rings (SSSR count). The lowest BCUT2D eigenvalue weighted by Crippen LogP contribution is -2.26. The third kappa shape index (κ3) is 3.78. The summed E-state index contributed by atoms with van der Waals surface area (Å²) in [4.78, 5) is 10.8. The first-order valence-electron chi connectivity index (χ1n) is 5.51. The summed E-state index contributed by atoms with van der Waals surface area (Å²) in [5, 5.41) is 3.38. The van der Waals surface area contributed by atoms with Crippen molar-refractivity contribution in [3.05, 3.63) is 34.7 Å². The molecule has 1 aromatic rings. The van der Waals surface area contributed by atoms with Crippen LogP contribution in [0.3, 0.4) is 0 Å². The van der Waals surface area contributed by atoms with Gasteiger partial charge in [-0.3, -0.25) is 0 Å². The Kier molecular flexibility index (Phi) is 5.74.